The van der Waals surface area contributed by atoms with Gasteiger partial charge in [-0.1, -0.05) is 23.1 Å². The summed E-state index contributed by atoms with van der Waals surface area (Å²) >= 11 is 0. The fraction of sp³-hybridized carbons (Fsp3) is 0.875. The molecule has 1 atom stereocenters. The van der Waals surface area contributed by atoms with Gasteiger partial charge in [-0.25, -0.2) is 0 Å². The van der Waals surface area contributed by atoms with Crippen LogP contribution in [0.3, 0.4) is 0 Å². The van der Waals surface area contributed by atoms with Gasteiger partial charge >= 0.3 is 19.1 Å². The van der Waals surface area contributed by atoms with Gasteiger partial charge in [0.1, 0.15) is 0 Å². The number of hydrogen-bond donors (Lipinski definition) is 4. The maximum Gasteiger partial charge on any atom is 0.396 e. The smallest absolute Gasteiger partial charge is 0.396 e. The van der Waals surface area contributed by atoms with Gasteiger partial charge in [-0.05, 0) is 43.2 Å². The number of nitrogens with one attached hydrogen (secondary N) is 1. The second kappa shape index (κ2) is 16.4. The van der Waals surface area contributed by atoms with Gasteiger partial charge in [-0.2, -0.15) is 0 Å². The summed E-state index contributed by atoms with van der Waals surface area (Å²) in [4.78, 5) is 47.6. The Morgan fingerprint density at radius 3 is 2.00 bits per heavy atom. The van der Waals surface area contributed by atoms with E-state index in [1.54, 1.807) is 0 Å². The third kappa shape index (κ3) is 14.3. The highest BCUT2D eigenvalue weighted by molar-refractivity contribution is 7.53. The van der Waals surface area contributed by atoms with Crippen molar-refractivity contribution in [3.8, 4) is 0 Å². The first-order valence-corrected chi connectivity index (χ1v) is 11.6. The molecule has 0 aromatic carbocycles. The van der Waals surface area contributed by atoms with Crippen LogP contribution < -0.4 is 5.32 Å². The first-order chi connectivity index (χ1) is 14.7. The van der Waals surface area contributed by atoms with Crippen LogP contribution in [-0.4, -0.2) is 51.9 Å². The molecule has 0 aliphatic rings. The number of azide groups is 2. The number of rotatable bonds is 18. The third-order valence-electron chi connectivity index (χ3n) is 4.16. The van der Waals surface area contributed by atoms with Crippen molar-refractivity contribution in [1.82, 2.24) is 5.32 Å². The van der Waals surface area contributed by atoms with Gasteiger partial charge in [-0.3, -0.25) is 14.2 Å². The summed E-state index contributed by atoms with van der Waals surface area (Å²) in [5.41, 5.74) is 13.3. The third-order valence-corrected chi connectivity index (χ3v) is 5.39. The molecular weight excluding hydrogens is 433 g/mol. The first kappa shape index (κ1) is 28.7. The molecule has 0 saturated heterocycles. The predicted molar refractivity (Wildman–Crippen MR) is 110 cm³/mol. The zero-order chi connectivity index (χ0) is 23.6. The molecule has 14 nitrogen and oxygen atoms in total. The molecule has 0 aromatic heterocycles. The number of aliphatic hydroxyl groups is 1. The highest BCUT2D eigenvalue weighted by Gasteiger charge is 2.48. The maximum atomic E-state index is 11.8. The molecule has 176 valence electrons. The molecule has 0 aromatic rings. The number of carbonyl (C=O) groups excluding carboxylic acids is 2. The molecule has 1 amide bonds. The minimum absolute atomic E-state index is 0.0241. The quantitative estimate of drug-likeness (QED) is 0.0450. The van der Waals surface area contributed by atoms with Crippen LogP contribution in [0.5, 0.6) is 0 Å². The topological polar surface area (TPSA) is 231 Å². The van der Waals surface area contributed by atoms with Crippen LogP contribution in [0.15, 0.2) is 10.2 Å². The molecular formula is C16H30N7O7P. The van der Waals surface area contributed by atoms with Crippen molar-refractivity contribution >= 4 is 19.5 Å². The Kier molecular flexibility index (Phi) is 15.1. The minimum atomic E-state index is -5.18. The van der Waals surface area contributed by atoms with Crippen molar-refractivity contribution in [2.75, 3.05) is 19.6 Å². The average Bonchev–Trinajstić information content (AvgIpc) is 2.69. The normalized spacial score (nSPS) is 12.7. The Morgan fingerprint density at radius 1 is 0.935 bits per heavy atom. The minimum Gasteiger partial charge on any atom is -0.421 e. The largest absolute Gasteiger partial charge is 0.421 e. The van der Waals surface area contributed by atoms with Crippen LogP contribution in [0.1, 0.15) is 64.2 Å². The molecule has 1 unspecified atom stereocenters. The van der Waals surface area contributed by atoms with Crippen LogP contribution >= 0.6 is 7.60 Å². The first-order valence-electron chi connectivity index (χ1n) is 9.94. The average molecular weight is 463 g/mol. The van der Waals surface area contributed by atoms with Gasteiger partial charge in [0.05, 0.1) is 0 Å². The second-order valence-corrected chi connectivity index (χ2v) is 8.53. The molecule has 0 heterocycles. The van der Waals surface area contributed by atoms with Crippen molar-refractivity contribution in [3.63, 3.8) is 0 Å². The predicted octanol–water partition coefficient (Wildman–Crippen LogP) is 2.99. The van der Waals surface area contributed by atoms with E-state index in [0.29, 0.717) is 45.1 Å². The number of carbonyl (C=O) groups is 2. The lowest BCUT2D eigenvalue weighted by atomic mass is 10.2. The molecule has 0 aliphatic carbocycles. The summed E-state index contributed by atoms with van der Waals surface area (Å²) in [6, 6.07) is 0. The Bertz CT molecular complexity index is 704. The Morgan fingerprint density at radius 2 is 1.48 bits per heavy atom. The Hall–Kier alpha value is -2.33. The van der Waals surface area contributed by atoms with E-state index in [1.165, 1.54) is 0 Å². The van der Waals surface area contributed by atoms with E-state index in [2.05, 4.69) is 30.1 Å². The second-order valence-electron chi connectivity index (χ2n) is 6.75. The fourth-order valence-electron chi connectivity index (χ4n) is 2.49. The summed E-state index contributed by atoms with van der Waals surface area (Å²) in [7, 11) is -5.18. The van der Waals surface area contributed by atoms with Crippen molar-refractivity contribution in [3.05, 3.63) is 20.9 Å². The monoisotopic (exact) mass is 463 g/mol. The molecule has 31 heavy (non-hydrogen) atoms. The molecule has 0 fully saturated rings. The zero-order valence-corrected chi connectivity index (χ0v) is 18.2. The number of nitrogens with zero attached hydrogens (tertiary/aromatic N) is 6. The Labute approximate surface area is 179 Å². The van der Waals surface area contributed by atoms with Crippen LogP contribution in [0.25, 0.3) is 20.9 Å². The Balaban J connectivity index is 4.27. The summed E-state index contributed by atoms with van der Waals surface area (Å²) in [5.74, 6) is -1.22. The van der Waals surface area contributed by atoms with E-state index < -0.39 is 25.5 Å². The number of ether oxygens (including phenoxy) is 1. The fourth-order valence-corrected chi connectivity index (χ4v) is 3.16. The number of unbranched alkanes of at least 4 members (excludes halogenated alkanes) is 4. The zero-order valence-electron chi connectivity index (χ0n) is 17.3. The standard InChI is InChI=1S/C16H30N7O7P/c17-22-20-12-5-1-3-8-14(24)19-11-7-10-16(26,31(27,28)29)30-15(25)9-4-2-6-13-21-23-18/h26H,1-13H2,(H,19,24)(H2,27,28,29). The highest BCUT2D eigenvalue weighted by Crippen LogP contribution is 2.52. The summed E-state index contributed by atoms with van der Waals surface area (Å²) in [6.07, 6.45) is 2.93. The number of amides is 1. The SMILES string of the molecule is [N-]=[N+]=NCCCCCC(=O)NCCCC(O)(OC(=O)CCCCCN=[N+]=[N-])P(=O)(O)O. The highest BCUT2D eigenvalue weighted by atomic mass is 31.2. The lowest BCUT2D eigenvalue weighted by molar-refractivity contribution is -0.186. The van der Waals surface area contributed by atoms with Gasteiger partial charge < -0.3 is 24.9 Å². The van der Waals surface area contributed by atoms with E-state index in [4.69, 9.17) is 11.1 Å². The van der Waals surface area contributed by atoms with Gasteiger partial charge in [0, 0.05) is 48.7 Å². The molecule has 4 N–H and O–H groups in total. The van der Waals surface area contributed by atoms with Gasteiger partial charge in [0.25, 0.3) is 0 Å². The van der Waals surface area contributed by atoms with E-state index in [0.717, 1.165) is 0 Å². The van der Waals surface area contributed by atoms with Crippen molar-refractivity contribution in [2.45, 2.75) is 69.7 Å². The molecule has 15 heteroatoms. The maximum absolute atomic E-state index is 11.8. The van der Waals surface area contributed by atoms with Crippen molar-refractivity contribution in [1.29, 1.82) is 0 Å². The molecule has 0 aliphatic heterocycles. The van der Waals surface area contributed by atoms with Crippen LogP contribution in [0, 0.1) is 0 Å². The summed E-state index contributed by atoms with van der Waals surface area (Å²) in [6.45, 7) is 0.684. The summed E-state index contributed by atoms with van der Waals surface area (Å²) < 4.78 is 16.3. The summed E-state index contributed by atoms with van der Waals surface area (Å²) in [5, 5.41) is 19.5. The molecule has 0 bridgehead atoms. The molecule has 0 rings (SSSR count). The van der Waals surface area contributed by atoms with Crippen LogP contribution in [0.2, 0.25) is 0 Å². The van der Waals surface area contributed by atoms with Crippen molar-refractivity contribution < 1.29 is 33.8 Å². The number of esters is 1. The molecule has 0 saturated carbocycles. The van der Waals surface area contributed by atoms with Gasteiger partial charge in [0.15, 0.2) is 0 Å². The van der Waals surface area contributed by atoms with Gasteiger partial charge in [0.2, 0.25) is 5.91 Å². The van der Waals surface area contributed by atoms with Crippen LogP contribution in [0.4, 0.5) is 0 Å². The van der Waals surface area contributed by atoms with Gasteiger partial charge in [-0.15, -0.1) is 0 Å². The molecule has 0 spiro atoms. The van der Waals surface area contributed by atoms with E-state index in [9.17, 15) is 29.0 Å². The van der Waals surface area contributed by atoms with E-state index >= 15 is 0 Å². The lowest BCUT2D eigenvalue weighted by Gasteiger charge is -2.28. The molecule has 0 radical (unpaired) electrons. The van der Waals surface area contributed by atoms with E-state index in [1.807, 2.05) is 0 Å². The van der Waals surface area contributed by atoms with Crippen molar-refractivity contribution in [2.24, 2.45) is 10.2 Å². The number of hydrogen-bond acceptors (Lipinski definition) is 7. The lowest BCUT2D eigenvalue weighted by Crippen LogP contribution is -2.36. The van der Waals surface area contributed by atoms with E-state index in [-0.39, 0.29) is 38.3 Å². The van der Waals surface area contributed by atoms with Crippen LogP contribution in [-0.2, 0) is 18.9 Å².